The Morgan fingerprint density at radius 3 is 0.693 bits per heavy atom. The maximum absolute atomic E-state index is 14.6. The van der Waals surface area contributed by atoms with Crippen LogP contribution in [0, 0.1) is 5.41 Å². The van der Waals surface area contributed by atoms with Gasteiger partial charge in [-0.3, -0.25) is 0 Å². The largest absolute Gasteiger partial charge is 0.418 e. The minimum absolute atomic E-state index is 0.00508. The molecule has 4 unspecified atom stereocenters. The molecule has 20 heteroatoms. The van der Waals surface area contributed by atoms with Gasteiger partial charge in [0.2, 0.25) is 11.6 Å². The van der Waals surface area contributed by atoms with Crippen LogP contribution in [0.3, 0.4) is 0 Å². The Morgan fingerprint density at radius 1 is 0.320 bits per heavy atom. The number of ether oxygens (including phenoxy) is 18. The second kappa shape index (κ2) is 28.8. The van der Waals surface area contributed by atoms with Gasteiger partial charge in [0.15, 0.2) is 0 Å². The maximum atomic E-state index is 14.6. The summed E-state index contributed by atoms with van der Waals surface area (Å²) in [4.78, 5) is 29.3. The molecule has 0 saturated heterocycles. The van der Waals surface area contributed by atoms with Crippen LogP contribution in [-0.4, -0.2) is 175 Å². The summed E-state index contributed by atoms with van der Waals surface area (Å²) in [5.41, 5.74) is -6.33. The zero-order chi connectivity index (χ0) is 57.3. The molecule has 2 aliphatic rings. The highest BCUT2D eigenvalue weighted by Crippen LogP contribution is 2.74. The van der Waals surface area contributed by atoms with E-state index in [9.17, 15) is 9.59 Å². The molecule has 440 valence electrons. The Hall–Kier alpha value is -2.22. The molecular formula is C55H100O20. The van der Waals surface area contributed by atoms with Crippen LogP contribution in [0.25, 0.3) is 0 Å². The minimum atomic E-state index is -2.62. The first kappa shape index (κ1) is 68.9. The first-order chi connectivity index (χ1) is 35.5. The van der Waals surface area contributed by atoms with Crippen LogP contribution < -0.4 is 0 Å². The van der Waals surface area contributed by atoms with Crippen molar-refractivity contribution < 1.29 is 94.9 Å². The minimum Gasteiger partial charge on any atom is -0.418 e. The molecule has 0 heterocycles. The fourth-order valence-electron chi connectivity index (χ4n) is 11.9. The summed E-state index contributed by atoms with van der Waals surface area (Å²) in [6.45, 7) is 41.0. The van der Waals surface area contributed by atoms with Gasteiger partial charge < -0.3 is 85.3 Å². The van der Waals surface area contributed by atoms with E-state index in [1.807, 2.05) is 13.8 Å². The standard InChI is InChI=1S/C55H100O20/c1-23-58-46(39-48(60-25-3,61-26-4)52(68-33-11,74-43(56)41(17)18)54(70-35-13,71-36-14)50(46,64-29-7)65-30-8)45(21,22)47(59-24-2)40-49(62-27-5,63-28-6)53(69-34-12,75-44(57)42(19)20)55(72-37-15,73-38-16)51(47,66-31-9)67-32-10/h17,19,23-40H2,1-16,18,20-22H3. The molecule has 4 atom stereocenters. The molecule has 2 fully saturated rings. The average Bonchev–Trinajstić information content (AvgIpc) is 3.34. The van der Waals surface area contributed by atoms with Gasteiger partial charge in [0.25, 0.3) is 11.6 Å². The lowest BCUT2D eigenvalue weighted by Gasteiger charge is -2.76. The van der Waals surface area contributed by atoms with Crippen molar-refractivity contribution in [2.75, 3.05) is 106 Å². The highest BCUT2D eigenvalue weighted by Gasteiger charge is 2.98. The summed E-state index contributed by atoms with van der Waals surface area (Å²) >= 11 is 0. The molecule has 0 aliphatic heterocycles. The van der Waals surface area contributed by atoms with E-state index in [1.165, 1.54) is 13.8 Å². The molecule has 0 aromatic heterocycles. The number of esters is 2. The number of hydrogen-bond donors (Lipinski definition) is 0. The van der Waals surface area contributed by atoms with Crippen molar-refractivity contribution in [1.82, 2.24) is 0 Å². The summed E-state index contributed by atoms with van der Waals surface area (Å²) in [6, 6.07) is 0. The van der Waals surface area contributed by atoms with E-state index in [0.717, 1.165) is 0 Å². The first-order valence-electron chi connectivity index (χ1n) is 27.5. The van der Waals surface area contributed by atoms with Crippen molar-refractivity contribution in [2.45, 2.75) is 209 Å². The van der Waals surface area contributed by atoms with Crippen LogP contribution in [0.1, 0.15) is 151 Å². The molecule has 2 saturated carbocycles. The van der Waals surface area contributed by atoms with Crippen LogP contribution >= 0.6 is 0 Å². The van der Waals surface area contributed by atoms with E-state index in [2.05, 4.69) is 13.2 Å². The summed E-state index contributed by atoms with van der Waals surface area (Å²) in [5, 5.41) is 0. The van der Waals surface area contributed by atoms with Gasteiger partial charge in [-0.05, 0) is 125 Å². The number of hydrogen-bond acceptors (Lipinski definition) is 20. The van der Waals surface area contributed by atoms with Gasteiger partial charge >= 0.3 is 35.1 Å². The molecule has 75 heavy (non-hydrogen) atoms. The fourth-order valence-corrected chi connectivity index (χ4v) is 11.9. The number of carbonyl (C=O) groups is 2. The van der Waals surface area contributed by atoms with Crippen molar-refractivity contribution >= 4 is 11.9 Å². The van der Waals surface area contributed by atoms with Crippen molar-refractivity contribution in [2.24, 2.45) is 5.41 Å². The molecule has 2 rings (SSSR count). The number of rotatable bonds is 38. The zero-order valence-electron chi connectivity index (χ0n) is 49.8. The third-order valence-corrected chi connectivity index (χ3v) is 13.7. The predicted octanol–water partition coefficient (Wildman–Crippen LogP) is 8.69. The molecular weight excluding hydrogens is 981 g/mol. The van der Waals surface area contributed by atoms with Crippen LogP contribution in [0.4, 0.5) is 0 Å². The van der Waals surface area contributed by atoms with Gasteiger partial charge in [0.05, 0.1) is 0 Å². The van der Waals surface area contributed by atoms with E-state index >= 15 is 0 Å². The lowest BCUT2D eigenvalue weighted by atomic mass is 9.47. The Labute approximate surface area is 449 Å². The van der Waals surface area contributed by atoms with E-state index in [0.29, 0.717) is 0 Å². The van der Waals surface area contributed by atoms with E-state index in [1.54, 1.807) is 111 Å². The molecule has 0 amide bonds. The summed E-state index contributed by atoms with van der Waals surface area (Å²) in [5.74, 6) is -21.8. The normalized spacial score (nSPS) is 26.4. The Bertz CT molecular complexity index is 1630. The van der Waals surface area contributed by atoms with Crippen molar-refractivity contribution in [3.05, 3.63) is 24.3 Å². The second-order valence-corrected chi connectivity index (χ2v) is 18.1. The van der Waals surface area contributed by atoms with Gasteiger partial charge in [-0.15, -0.1) is 0 Å². The SMILES string of the molecule is C=C(C)C(=O)OC1(OCC)C(OCC)(OCC)CC(OCC)(C(C)(C)C2(OCC)CC(OCC)(OCC)C(OCC)(OC(=O)C(=C)C)C(OCC)(OCC)C2(OCC)OCC)C(OCC)(OCC)C1(OCC)OCC. The quantitative estimate of drug-likeness (QED) is 0.0323. The molecule has 20 nitrogen and oxygen atoms in total. The zero-order valence-corrected chi connectivity index (χ0v) is 49.8. The Morgan fingerprint density at radius 2 is 0.507 bits per heavy atom. The molecule has 0 aromatic carbocycles. The molecule has 0 spiro atoms. The predicted molar refractivity (Wildman–Crippen MR) is 278 cm³/mol. The highest BCUT2D eigenvalue weighted by molar-refractivity contribution is 5.88. The smallest absolute Gasteiger partial charge is 0.336 e. The summed E-state index contributed by atoms with van der Waals surface area (Å²) in [6.07, 6.45) is -0.990. The maximum Gasteiger partial charge on any atom is 0.336 e. The van der Waals surface area contributed by atoms with Crippen molar-refractivity contribution in [3.63, 3.8) is 0 Å². The first-order valence-corrected chi connectivity index (χ1v) is 27.5. The fraction of sp³-hybridized carbons (Fsp3) is 0.891. The van der Waals surface area contributed by atoms with Gasteiger partial charge in [-0.1, -0.05) is 27.0 Å². The van der Waals surface area contributed by atoms with Crippen molar-refractivity contribution in [1.29, 1.82) is 0 Å². The van der Waals surface area contributed by atoms with Crippen LogP contribution in [0.2, 0.25) is 0 Å². The topological polar surface area (TPSA) is 200 Å². The van der Waals surface area contributed by atoms with E-state index < -0.39 is 87.7 Å². The van der Waals surface area contributed by atoms with Gasteiger partial charge in [-0.25, -0.2) is 9.59 Å². The van der Waals surface area contributed by atoms with Gasteiger partial charge in [0, 0.05) is 135 Å². The third-order valence-electron chi connectivity index (χ3n) is 13.7. The molecule has 2 aliphatic carbocycles. The van der Waals surface area contributed by atoms with Crippen LogP contribution in [0.15, 0.2) is 24.3 Å². The highest BCUT2D eigenvalue weighted by atomic mass is 16.9. The van der Waals surface area contributed by atoms with Crippen molar-refractivity contribution in [3.8, 4) is 0 Å². The van der Waals surface area contributed by atoms with E-state index in [-0.39, 0.29) is 117 Å². The van der Waals surface area contributed by atoms with Gasteiger partial charge in [-0.2, -0.15) is 0 Å². The van der Waals surface area contributed by atoms with Crippen LogP contribution in [-0.2, 0) is 94.9 Å². The molecule has 0 aromatic rings. The third kappa shape index (κ3) is 10.6. The average molecular weight is 1080 g/mol. The lowest BCUT2D eigenvalue weighted by molar-refractivity contribution is -0.610. The summed E-state index contributed by atoms with van der Waals surface area (Å²) < 4.78 is 129. The van der Waals surface area contributed by atoms with E-state index in [4.69, 9.17) is 85.3 Å². The number of carbonyl (C=O) groups excluding carboxylic acids is 2. The second-order valence-electron chi connectivity index (χ2n) is 18.1. The Kier molecular flexibility index (Phi) is 26.4. The van der Waals surface area contributed by atoms with Gasteiger partial charge in [0.1, 0.15) is 11.2 Å². The monoisotopic (exact) mass is 1080 g/mol. The Balaban J connectivity index is 4.15. The molecule has 0 radical (unpaired) electrons. The molecule has 0 N–H and O–H groups in total. The summed E-state index contributed by atoms with van der Waals surface area (Å²) in [7, 11) is 0. The lowest BCUT2D eigenvalue weighted by Crippen LogP contribution is -2.97. The van der Waals surface area contributed by atoms with Crippen LogP contribution in [0.5, 0.6) is 0 Å². The molecule has 0 bridgehead atoms.